The lowest BCUT2D eigenvalue weighted by atomic mass is 9.90. The second-order valence-electron chi connectivity index (χ2n) is 8.28. The Balaban J connectivity index is 2.33. The molecule has 160 valence electrons. The van der Waals surface area contributed by atoms with E-state index in [9.17, 15) is 14.0 Å². The molecule has 0 spiro atoms. The molecule has 0 aliphatic carbocycles. The quantitative estimate of drug-likeness (QED) is 0.433. The number of amides is 1. The highest BCUT2D eigenvalue weighted by Gasteiger charge is 2.25. The first-order valence-electron chi connectivity index (χ1n) is 10.2. The number of hydrogen-bond donors (Lipinski definition) is 1. The van der Waals surface area contributed by atoms with Crippen LogP contribution in [-0.4, -0.2) is 17.5 Å². The van der Waals surface area contributed by atoms with Crippen LogP contribution in [0.4, 0.5) is 9.18 Å². The molecule has 2 rings (SSSR count). The van der Waals surface area contributed by atoms with Crippen molar-refractivity contribution < 1.29 is 18.7 Å². The molecular formula is C25H30FNO3. The Labute approximate surface area is 178 Å². The van der Waals surface area contributed by atoms with Gasteiger partial charge in [-0.2, -0.15) is 0 Å². The molecule has 0 heterocycles. The van der Waals surface area contributed by atoms with Crippen molar-refractivity contribution in [2.45, 2.75) is 52.7 Å². The SMILES string of the molecule is CC/C(=C\[C@H](C)[C@H](NC(=O)OC(C)(C)C)c1ccc(F)cc1)C(=O)c1ccccc1. The number of rotatable bonds is 7. The van der Waals surface area contributed by atoms with Gasteiger partial charge in [0.1, 0.15) is 11.4 Å². The van der Waals surface area contributed by atoms with Crippen LogP contribution in [-0.2, 0) is 4.74 Å². The monoisotopic (exact) mass is 411 g/mol. The molecule has 1 N–H and O–H groups in total. The Bertz CT molecular complexity index is 883. The topological polar surface area (TPSA) is 55.4 Å². The van der Waals surface area contributed by atoms with E-state index in [0.717, 1.165) is 5.56 Å². The Hall–Kier alpha value is -2.95. The van der Waals surface area contributed by atoms with E-state index in [1.807, 2.05) is 38.1 Å². The highest BCUT2D eigenvalue weighted by Crippen LogP contribution is 2.27. The van der Waals surface area contributed by atoms with Crippen molar-refractivity contribution in [1.82, 2.24) is 5.32 Å². The number of allylic oxidation sites excluding steroid dienone is 1. The molecule has 2 aromatic carbocycles. The maximum Gasteiger partial charge on any atom is 0.408 e. The van der Waals surface area contributed by atoms with Crippen LogP contribution in [0, 0.1) is 11.7 Å². The fraction of sp³-hybridized carbons (Fsp3) is 0.360. The first-order valence-corrected chi connectivity index (χ1v) is 10.2. The van der Waals surface area contributed by atoms with Crippen molar-refractivity contribution in [1.29, 1.82) is 0 Å². The van der Waals surface area contributed by atoms with Gasteiger partial charge >= 0.3 is 6.09 Å². The van der Waals surface area contributed by atoms with Crippen LogP contribution >= 0.6 is 0 Å². The van der Waals surface area contributed by atoms with Crippen LogP contribution in [0.2, 0.25) is 0 Å². The van der Waals surface area contributed by atoms with Crippen LogP contribution in [0.15, 0.2) is 66.2 Å². The number of halogens is 1. The number of nitrogens with one attached hydrogen (secondary N) is 1. The number of ether oxygens (including phenoxy) is 1. The predicted molar refractivity (Wildman–Crippen MR) is 117 cm³/mol. The van der Waals surface area contributed by atoms with Crippen molar-refractivity contribution in [3.8, 4) is 0 Å². The van der Waals surface area contributed by atoms with Gasteiger partial charge in [0.25, 0.3) is 0 Å². The average Bonchev–Trinajstić information content (AvgIpc) is 2.69. The fourth-order valence-corrected chi connectivity index (χ4v) is 3.17. The van der Waals surface area contributed by atoms with E-state index in [1.165, 1.54) is 12.1 Å². The van der Waals surface area contributed by atoms with E-state index in [1.54, 1.807) is 45.0 Å². The van der Waals surface area contributed by atoms with Crippen LogP contribution in [0.5, 0.6) is 0 Å². The molecule has 0 aliphatic rings. The zero-order chi connectivity index (χ0) is 22.3. The van der Waals surface area contributed by atoms with Crippen molar-refractivity contribution >= 4 is 11.9 Å². The van der Waals surface area contributed by atoms with E-state index >= 15 is 0 Å². The standard InChI is InChI=1S/C25H30FNO3/c1-6-18(23(28)20-10-8-7-9-11-20)16-17(2)22(19-12-14-21(26)15-13-19)27-24(29)30-25(3,4)5/h7-17,22H,6H2,1-5H3,(H,27,29)/b18-16+/t17-,22-/m0/s1. The summed E-state index contributed by atoms with van der Waals surface area (Å²) in [4.78, 5) is 25.3. The summed E-state index contributed by atoms with van der Waals surface area (Å²) in [5.41, 5.74) is 1.37. The molecule has 0 aliphatic heterocycles. The van der Waals surface area contributed by atoms with Crippen LogP contribution in [0.3, 0.4) is 0 Å². The summed E-state index contributed by atoms with van der Waals surface area (Å²) >= 11 is 0. The zero-order valence-electron chi connectivity index (χ0n) is 18.2. The van der Waals surface area contributed by atoms with Crippen molar-refractivity contribution in [2.24, 2.45) is 5.92 Å². The molecule has 30 heavy (non-hydrogen) atoms. The predicted octanol–water partition coefficient (Wildman–Crippen LogP) is 6.25. The van der Waals surface area contributed by atoms with Gasteiger partial charge in [0.2, 0.25) is 0 Å². The Morgan fingerprint density at radius 2 is 1.67 bits per heavy atom. The van der Waals surface area contributed by atoms with Crippen LogP contribution in [0.1, 0.15) is 63.0 Å². The third-order valence-corrected chi connectivity index (χ3v) is 4.60. The number of alkyl carbamates (subject to hydrolysis) is 1. The number of ketones is 1. The lowest BCUT2D eigenvalue weighted by Gasteiger charge is -2.27. The minimum absolute atomic E-state index is 0.0416. The molecule has 0 aromatic heterocycles. The van der Waals surface area contributed by atoms with Gasteiger partial charge in [0.15, 0.2) is 5.78 Å². The van der Waals surface area contributed by atoms with Crippen molar-refractivity contribution in [3.05, 3.63) is 83.2 Å². The maximum atomic E-state index is 13.4. The summed E-state index contributed by atoms with van der Waals surface area (Å²) in [5.74, 6) is -0.628. The molecule has 4 nitrogen and oxygen atoms in total. The van der Waals surface area contributed by atoms with Gasteiger partial charge in [-0.15, -0.1) is 0 Å². The average molecular weight is 412 g/mol. The Morgan fingerprint density at radius 1 is 1.07 bits per heavy atom. The van der Waals surface area contributed by atoms with Gasteiger partial charge in [-0.05, 0) is 56.4 Å². The maximum absolute atomic E-state index is 13.4. The van der Waals surface area contributed by atoms with Crippen molar-refractivity contribution in [2.75, 3.05) is 0 Å². The van der Waals surface area contributed by atoms with Gasteiger partial charge in [0, 0.05) is 5.56 Å². The molecule has 1 amide bonds. The molecular weight excluding hydrogens is 381 g/mol. The third kappa shape index (κ3) is 6.83. The first kappa shape index (κ1) is 23.3. The second kappa shape index (κ2) is 10.2. The number of carbonyl (C=O) groups excluding carboxylic acids is 2. The van der Waals surface area contributed by atoms with Crippen LogP contribution < -0.4 is 5.32 Å². The van der Waals surface area contributed by atoms with Gasteiger partial charge in [-0.25, -0.2) is 9.18 Å². The Morgan fingerprint density at radius 3 is 2.20 bits per heavy atom. The molecule has 5 heteroatoms. The van der Waals surface area contributed by atoms with Gasteiger partial charge in [0.05, 0.1) is 6.04 Å². The number of hydrogen-bond acceptors (Lipinski definition) is 3. The summed E-state index contributed by atoms with van der Waals surface area (Å²) in [5, 5.41) is 2.88. The normalized spacial score (nSPS) is 14.0. The molecule has 0 saturated carbocycles. The lowest BCUT2D eigenvalue weighted by molar-refractivity contribution is 0.0493. The lowest BCUT2D eigenvalue weighted by Crippen LogP contribution is -2.37. The fourth-order valence-electron chi connectivity index (χ4n) is 3.17. The van der Waals surface area contributed by atoms with E-state index in [0.29, 0.717) is 17.6 Å². The largest absolute Gasteiger partial charge is 0.444 e. The van der Waals surface area contributed by atoms with Crippen molar-refractivity contribution in [3.63, 3.8) is 0 Å². The number of Topliss-reactive ketones (excluding diaryl/α,β-unsaturated/α-hetero) is 1. The molecule has 0 radical (unpaired) electrons. The van der Waals surface area contributed by atoms with Gasteiger partial charge in [-0.1, -0.05) is 62.4 Å². The van der Waals surface area contributed by atoms with E-state index in [4.69, 9.17) is 4.74 Å². The minimum atomic E-state index is -0.644. The van der Waals surface area contributed by atoms with Crippen LogP contribution in [0.25, 0.3) is 0 Å². The number of benzene rings is 2. The number of carbonyl (C=O) groups is 2. The zero-order valence-corrected chi connectivity index (χ0v) is 18.2. The molecule has 2 atom stereocenters. The Kier molecular flexibility index (Phi) is 7.93. The first-order chi connectivity index (χ1) is 14.1. The molecule has 0 unspecified atom stereocenters. The van der Waals surface area contributed by atoms with E-state index < -0.39 is 17.7 Å². The molecule has 0 saturated heterocycles. The molecule has 0 fully saturated rings. The van der Waals surface area contributed by atoms with E-state index in [-0.39, 0.29) is 17.5 Å². The van der Waals surface area contributed by atoms with Gasteiger partial charge < -0.3 is 10.1 Å². The summed E-state index contributed by atoms with van der Waals surface area (Å²) < 4.78 is 18.8. The highest BCUT2D eigenvalue weighted by molar-refractivity contribution is 6.08. The third-order valence-electron chi connectivity index (χ3n) is 4.60. The van der Waals surface area contributed by atoms with Gasteiger partial charge in [-0.3, -0.25) is 4.79 Å². The second-order valence-corrected chi connectivity index (χ2v) is 8.28. The molecule has 2 aromatic rings. The smallest absolute Gasteiger partial charge is 0.408 e. The highest BCUT2D eigenvalue weighted by atomic mass is 19.1. The molecule has 0 bridgehead atoms. The summed E-state index contributed by atoms with van der Waals surface area (Å²) in [7, 11) is 0. The minimum Gasteiger partial charge on any atom is -0.444 e. The summed E-state index contributed by atoms with van der Waals surface area (Å²) in [6, 6.07) is 14.6. The summed E-state index contributed by atoms with van der Waals surface area (Å²) in [6.45, 7) is 9.20. The summed E-state index contributed by atoms with van der Waals surface area (Å²) in [6.07, 6.45) is 1.87. The van der Waals surface area contributed by atoms with E-state index in [2.05, 4.69) is 5.32 Å².